The molecule has 1 aliphatic carbocycles. The Labute approximate surface area is 202 Å². The molecular formula is C27H29FN2O5. The van der Waals surface area contributed by atoms with Gasteiger partial charge in [-0.05, 0) is 30.5 Å². The highest BCUT2D eigenvalue weighted by Crippen LogP contribution is 2.42. The van der Waals surface area contributed by atoms with E-state index in [4.69, 9.17) is 4.42 Å². The summed E-state index contributed by atoms with van der Waals surface area (Å²) < 4.78 is 18.9. The molecule has 1 saturated heterocycles. The number of carboxylic acids is 1. The number of fused-ring (bicyclic) bond motifs is 2. The molecule has 1 saturated carbocycles. The number of likely N-dealkylation sites (tertiary alicyclic amines) is 1. The molecule has 0 spiro atoms. The lowest BCUT2D eigenvalue weighted by atomic mass is 9.70. The summed E-state index contributed by atoms with van der Waals surface area (Å²) in [5.74, 6) is -2.03. The van der Waals surface area contributed by atoms with Gasteiger partial charge in [0.05, 0.1) is 11.8 Å². The summed E-state index contributed by atoms with van der Waals surface area (Å²) in [6, 6.07) is 7.50. The fraction of sp³-hybridized carbons (Fsp3) is 0.444. The molecule has 35 heavy (non-hydrogen) atoms. The monoisotopic (exact) mass is 480 g/mol. The lowest BCUT2D eigenvalue weighted by molar-refractivity contribution is -0.157. The fourth-order valence-corrected chi connectivity index (χ4v) is 6.07. The van der Waals surface area contributed by atoms with Crippen molar-refractivity contribution < 1.29 is 28.3 Å². The largest absolute Gasteiger partial charge is 0.481 e. The Kier molecular flexibility index (Phi) is 5.77. The van der Waals surface area contributed by atoms with Gasteiger partial charge in [-0.1, -0.05) is 32.4 Å². The van der Waals surface area contributed by atoms with Gasteiger partial charge in [0, 0.05) is 59.6 Å². The summed E-state index contributed by atoms with van der Waals surface area (Å²) in [4.78, 5) is 43.1. The number of hydrogen-bond acceptors (Lipinski definition) is 4. The fourth-order valence-electron chi connectivity index (χ4n) is 6.07. The predicted octanol–water partition coefficient (Wildman–Crippen LogP) is 4.91. The van der Waals surface area contributed by atoms with E-state index in [1.165, 1.54) is 6.07 Å². The zero-order chi connectivity index (χ0) is 24.9. The molecule has 1 aromatic carbocycles. The van der Waals surface area contributed by atoms with Crippen LogP contribution in [0.2, 0.25) is 0 Å². The van der Waals surface area contributed by atoms with E-state index in [0.717, 1.165) is 22.0 Å². The van der Waals surface area contributed by atoms with Crippen molar-refractivity contribution in [3.05, 3.63) is 48.1 Å². The molecule has 2 fully saturated rings. The van der Waals surface area contributed by atoms with Crippen molar-refractivity contribution in [1.29, 1.82) is 0 Å². The number of aromatic nitrogens is 1. The summed E-state index contributed by atoms with van der Waals surface area (Å²) >= 11 is 0. The number of hydrogen-bond donors (Lipinski definition) is 2. The van der Waals surface area contributed by atoms with E-state index in [1.807, 2.05) is 38.2 Å². The molecule has 0 radical (unpaired) electrons. The molecule has 1 aliphatic heterocycles. The number of benzene rings is 1. The van der Waals surface area contributed by atoms with Gasteiger partial charge in [-0.3, -0.25) is 14.4 Å². The molecule has 3 heterocycles. The van der Waals surface area contributed by atoms with Crippen LogP contribution in [-0.2, 0) is 19.8 Å². The number of halogens is 1. The third-order valence-electron chi connectivity index (χ3n) is 7.74. The maximum absolute atomic E-state index is 13.6. The van der Waals surface area contributed by atoms with Gasteiger partial charge in [0.15, 0.2) is 0 Å². The second kappa shape index (κ2) is 8.66. The number of H-pyrrole nitrogens is 1. The SMILES string of the molecule is CC(C)(CC(=O)N1CCC(=O)C2C(C(=O)O)CCCC21)c1c[nH]c2cccc(-c3ccc(F)o3)c12. The maximum Gasteiger partial charge on any atom is 0.307 e. The average Bonchev–Trinajstić information content (AvgIpc) is 3.45. The van der Waals surface area contributed by atoms with Crippen LogP contribution in [0.1, 0.15) is 51.5 Å². The van der Waals surface area contributed by atoms with Crippen molar-refractivity contribution in [2.75, 3.05) is 6.54 Å². The number of nitrogens with one attached hydrogen (secondary N) is 1. The number of Topliss-reactive ketones (excluding diaryl/α,β-unsaturated/α-hetero) is 1. The highest BCUT2D eigenvalue weighted by Gasteiger charge is 2.48. The number of amides is 1. The first-order valence-electron chi connectivity index (χ1n) is 12.1. The maximum atomic E-state index is 13.6. The van der Waals surface area contributed by atoms with Crippen LogP contribution in [0.15, 0.2) is 40.9 Å². The van der Waals surface area contributed by atoms with Crippen LogP contribution in [0.5, 0.6) is 0 Å². The van der Waals surface area contributed by atoms with Crippen molar-refractivity contribution >= 4 is 28.6 Å². The van der Waals surface area contributed by atoms with Crippen LogP contribution >= 0.6 is 0 Å². The number of rotatable bonds is 5. The van der Waals surface area contributed by atoms with Crippen molar-refractivity contribution in [3.8, 4) is 11.3 Å². The Morgan fingerprint density at radius 1 is 1.23 bits per heavy atom. The highest BCUT2D eigenvalue weighted by molar-refractivity contribution is 5.98. The molecule has 8 heteroatoms. The number of carboxylic acid groups (broad SMARTS) is 1. The van der Waals surface area contributed by atoms with E-state index in [2.05, 4.69) is 4.98 Å². The first kappa shape index (κ1) is 23.3. The number of aromatic amines is 1. The van der Waals surface area contributed by atoms with Gasteiger partial charge < -0.3 is 19.4 Å². The Bertz CT molecular complexity index is 1310. The highest BCUT2D eigenvalue weighted by atomic mass is 19.1. The lowest BCUT2D eigenvalue weighted by Gasteiger charge is -2.46. The molecule has 1 amide bonds. The summed E-state index contributed by atoms with van der Waals surface area (Å²) in [5, 5.41) is 10.5. The molecule has 184 valence electrons. The Hall–Kier alpha value is -3.42. The van der Waals surface area contributed by atoms with Crippen LogP contribution in [0.3, 0.4) is 0 Å². The van der Waals surface area contributed by atoms with Gasteiger partial charge in [0.1, 0.15) is 11.5 Å². The number of aliphatic carboxylic acids is 1. The minimum Gasteiger partial charge on any atom is -0.481 e. The molecular weight excluding hydrogens is 451 g/mol. The number of carbonyl (C=O) groups is 3. The third-order valence-corrected chi connectivity index (χ3v) is 7.74. The summed E-state index contributed by atoms with van der Waals surface area (Å²) in [5.41, 5.74) is 1.91. The predicted molar refractivity (Wildman–Crippen MR) is 127 cm³/mol. The quantitative estimate of drug-likeness (QED) is 0.540. The van der Waals surface area contributed by atoms with E-state index in [1.54, 1.807) is 11.0 Å². The molecule has 7 nitrogen and oxygen atoms in total. The first-order chi connectivity index (χ1) is 16.7. The van der Waals surface area contributed by atoms with Gasteiger partial charge >= 0.3 is 5.97 Å². The molecule has 5 rings (SSSR count). The van der Waals surface area contributed by atoms with Crippen molar-refractivity contribution in [1.82, 2.24) is 9.88 Å². The second-order valence-corrected chi connectivity index (χ2v) is 10.4. The molecule has 2 aliphatic rings. The number of nitrogens with zero attached hydrogens (tertiary/aromatic N) is 1. The average molecular weight is 481 g/mol. The number of ketones is 1. The van der Waals surface area contributed by atoms with E-state index in [0.29, 0.717) is 31.6 Å². The standard InChI is InChI=1S/C27H29FN2O5/c1-27(2,17-14-29-18-7-3-5-15(24(17)18)21-9-10-22(28)35-21)13-23(32)30-12-11-20(31)25-16(26(33)34)6-4-8-19(25)30/h3,5,7,9-10,14,16,19,25,29H,4,6,8,11-13H2,1-2H3,(H,33,34). The topological polar surface area (TPSA) is 104 Å². The van der Waals surface area contributed by atoms with Gasteiger partial charge in [0.25, 0.3) is 6.01 Å². The van der Waals surface area contributed by atoms with E-state index in [-0.39, 0.29) is 30.6 Å². The first-order valence-corrected chi connectivity index (χ1v) is 12.1. The number of carbonyl (C=O) groups excluding carboxylic acids is 2. The molecule has 2 aromatic heterocycles. The molecule has 2 N–H and O–H groups in total. The van der Waals surface area contributed by atoms with E-state index < -0.39 is 29.2 Å². The molecule has 3 unspecified atom stereocenters. The normalized spacial score (nSPS) is 22.9. The van der Waals surface area contributed by atoms with Crippen LogP contribution in [-0.4, -0.2) is 45.2 Å². The van der Waals surface area contributed by atoms with E-state index in [9.17, 15) is 23.9 Å². The van der Waals surface area contributed by atoms with Crippen molar-refractivity contribution in [3.63, 3.8) is 0 Å². The lowest BCUT2D eigenvalue weighted by Crippen LogP contribution is -2.57. The summed E-state index contributed by atoms with van der Waals surface area (Å²) in [6.07, 6.45) is 4.07. The minimum absolute atomic E-state index is 0.0441. The van der Waals surface area contributed by atoms with Gasteiger partial charge in [-0.25, -0.2) is 0 Å². The zero-order valence-corrected chi connectivity index (χ0v) is 19.8. The third kappa shape index (κ3) is 4.05. The van der Waals surface area contributed by atoms with Gasteiger partial charge in [-0.2, -0.15) is 4.39 Å². The van der Waals surface area contributed by atoms with Gasteiger partial charge in [0.2, 0.25) is 5.91 Å². The Morgan fingerprint density at radius 2 is 2.03 bits per heavy atom. The van der Waals surface area contributed by atoms with Crippen molar-refractivity contribution in [2.24, 2.45) is 11.8 Å². The molecule has 0 bridgehead atoms. The smallest absolute Gasteiger partial charge is 0.307 e. The van der Waals surface area contributed by atoms with Crippen LogP contribution < -0.4 is 0 Å². The van der Waals surface area contributed by atoms with E-state index >= 15 is 0 Å². The molecule has 3 atom stereocenters. The summed E-state index contributed by atoms with van der Waals surface area (Å²) in [6.45, 7) is 4.30. The molecule has 3 aromatic rings. The van der Waals surface area contributed by atoms with Crippen LogP contribution in [0.4, 0.5) is 4.39 Å². The van der Waals surface area contributed by atoms with Crippen LogP contribution in [0, 0.1) is 17.8 Å². The summed E-state index contributed by atoms with van der Waals surface area (Å²) in [7, 11) is 0. The Morgan fingerprint density at radius 3 is 2.74 bits per heavy atom. The van der Waals surface area contributed by atoms with Crippen LogP contribution in [0.25, 0.3) is 22.2 Å². The van der Waals surface area contributed by atoms with Crippen molar-refractivity contribution in [2.45, 2.75) is 57.4 Å². The van der Waals surface area contributed by atoms with Gasteiger partial charge in [-0.15, -0.1) is 0 Å². The second-order valence-electron chi connectivity index (χ2n) is 10.4. The number of piperidine rings is 1. The zero-order valence-electron chi connectivity index (χ0n) is 19.8. The number of furan rings is 1. The minimum atomic E-state index is -0.955. The Balaban J connectivity index is 1.45.